The highest BCUT2D eigenvalue weighted by Crippen LogP contribution is 2.34. The number of anilines is 1. The summed E-state index contributed by atoms with van der Waals surface area (Å²) in [4.78, 5) is 4.45. The first-order chi connectivity index (χ1) is 8.63. The first-order valence-corrected chi connectivity index (χ1v) is 6.13. The standard InChI is InChI=1S/C13H10N2O2S/c14-9-3-1-7(5-11(9)17)13-15-10-4-2-8(16)6-12(10)18-13/h1-6,16-17H,14H2. The summed E-state index contributed by atoms with van der Waals surface area (Å²) < 4.78 is 0.904. The molecular weight excluding hydrogens is 248 g/mol. The maximum atomic E-state index is 9.59. The Morgan fingerprint density at radius 3 is 2.67 bits per heavy atom. The van der Waals surface area contributed by atoms with Crippen LogP contribution in [0.2, 0.25) is 0 Å². The Labute approximate surface area is 107 Å². The van der Waals surface area contributed by atoms with Crippen molar-refractivity contribution in [2.75, 3.05) is 5.73 Å². The highest BCUT2D eigenvalue weighted by molar-refractivity contribution is 7.21. The summed E-state index contributed by atoms with van der Waals surface area (Å²) in [5, 5.41) is 19.8. The zero-order chi connectivity index (χ0) is 12.7. The number of aromatic hydroxyl groups is 2. The van der Waals surface area contributed by atoms with E-state index in [1.807, 2.05) is 6.07 Å². The Bertz CT molecular complexity index is 737. The van der Waals surface area contributed by atoms with Crippen molar-refractivity contribution in [2.45, 2.75) is 0 Å². The van der Waals surface area contributed by atoms with Gasteiger partial charge >= 0.3 is 0 Å². The van der Waals surface area contributed by atoms with Crippen LogP contribution < -0.4 is 5.73 Å². The van der Waals surface area contributed by atoms with Crippen molar-refractivity contribution in [3.05, 3.63) is 36.4 Å². The number of benzene rings is 2. The van der Waals surface area contributed by atoms with E-state index in [9.17, 15) is 10.2 Å². The number of phenolic OH excluding ortho intramolecular Hbond substituents is 2. The highest BCUT2D eigenvalue weighted by Gasteiger charge is 2.08. The van der Waals surface area contributed by atoms with E-state index < -0.39 is 0 Å². The molecular formula is C13H10N2O2S. The van der Waals surface area contributed by atoms with Gasteiger partial charge in [0.05, 0.1) is 15.9 Å². The van der Waals surface area contributed by atoms with Gasteiger partial charge in [0.1, 0.15) is 16.5 Å². The summed E-state index contributed by atoms with van der Waals surface area (Å²) in [7, 11) is 0. The van der Waals surface area contributed by atoms with Gasteiger partial charge in [-0.3, -0.25) is 0 Å². The average molecular weight is 258 g/mol. The SMILES string of the molecule is Nc1ccc(-c2nc3ccc(O)cc3s2)cc1O. The van der Waals surface area contributed by atoms with Gasteiger partial charge in [-0.15, -0.1) is 11.3 Å². The summed E-state index contributed by atoms with van der Waals surface area (Å²) in [6.45, 7) is 0. The molecule has 0 spiro atoms. The average Bonchev–Trinajstić information content (AvgIpc) is 2.75. The van der Waals surface area contributed by atoms with Gasteiger partial charge in [0.15, 0.2) is 0 Å². The molecule has 1 aromatic heterocycles. The predicted molar refractivity (Wildman–Crippen MR) is 72.8 cm³/mol. The molecule has 0 aliphatic heterocycles. The number of fused-ring (bicyclic) bond motifs is 1. The smallest absolute Gasteiger partial charge is 0.139 e. The Morgan fingerprint density at radius 2 is 1.89 bits per heavy atom. The molecule has 0 unspecified atom stereocenters. The van der Waals surface area contributed by atoms with Crippen LogP contribution in [0.15, 0.2) is 36.4 Å². The number of nitrogens with two attached hydrogens (primary N) is 1. The van der Waals surface area contributed by atoms with E-state index in [4.69, 9.17) is 5.73 Å². The molecule has 0 aliphatic rings. The molecule has 0 atom stereocenters. The van der Waals surface area contributed by atoms with Crippen LogP contribution in [0.5, 0.6) is 11.5 Å². The fraction of sp³-hybridized carbons (Fsp3) is 0. The van der Waals surface area contributed by atoms with Crippen molar-refractivity contribution in [2.24, 2.45) is 0 Å². The normalized spacial score (nSPS) is 10.9. The van der Waals surface area contributed by atoms with Crippen molar-refractivity contribution in [1.82, 2.24) is 4.98 Å². The second-order valence-corrected chi connectivity index (χ2v) is 4.98. The number of nitrogen functional groups attached to an aromatic ring is 1. The van der Waals surface area contributed by atoms with Gasteiger partial charge in [0.25, 0.3) is 0 Å². The molecule has 18 heavy (non-hydrogen) atoms. The number of nitrogens with zero attached hydrogens (tertiary/aromatic N) is 1. The molecule has 0 saturated carbocycles. The molecule has 3 aromatic rings. The van der Waals surface area contributed by atoms with E-state index in [0.717, 1.165) is 20.8 Å². The Hall–Kier alpha value is -2.27. The maximum Gasteiger partial charge on any atom is 0.139 e. The van der Waals surface area contributed by atoms with Crippen LogP contribution in [0.4, 0.5) is 5.69 Å². The van der Waals surface area contributed by atoms with Gasteiger partial charge in [0.2, 0.25) is 0 Å². The predicted octanol–water partition coefficient (Wildman–Crippen LogP) is 2.96. The minimum absolute atomic E-state index is 0.0506. The number of aromatic nitrogens is 1. The number of phenols is 2. The zero-order valence-corrected chi connectivity index (χ0v) is 10.1. The third kappa shape index (κ3) is 1.74. The minimum Gasteiger partial charge on any atom is -0.508 e. The lowest BCUT2D eigenvalue weighted by Crippen LogP contribution is -1.85. The van der Waals surface area contributed by atoms with Crippen LogP contribution in [-0.4, -0.2) is 15.2 Å². The van der Waals surface area contributed by atoms with Crippen molar-refractivity contribution in [1.29, 1.82) is 0 Å². The van der Waals surface area contributed by atoms with Crippen LogP contribution in [0.3, 0.4) is 0 Å². The molecule has 1 heterocycles. The summed E-state index contributed by atoms with van der Waals surface area (Å²) in [5.41, 5.74) is 7.54. The van der Waals surface area contributed by atoms with Crippen molar-refractivity contribution >= 4 is 27.2 Å². The number of rotatable bonds is 1. The lowest BCUT2D eigenvalue weighted by atomic mass is 10.2. The van der Waals surface area contributed by atoms with Gasteiger partial charge in [0, 0.05) is 5.56 Å². The van der Waals surface area contributed by atoms with Crippen molar-refractivity contribution in [3.63, 3.8) is 0 Å². The van der Waals surface area contributed by atoms with Gasteiger partial charge in [-0.1, -0.05) is 0 Å². The molecule has 0 fully saturated rings. The molecule has 0 amide bonds. The molecule has 0 saturated heterocycles. The molecule has 3 rings (SSSR count). The fourth-order valence-corrected chi connectivity index (χ4v) is 2.71. The van der Waals surface area contributed by atoms with Crippen molar-refractivity contribution in [3.8, 4) is 22.1 Å². The van der Waals surface area contributed by atoms with Gasteiger partial charge in [-0.25, -0.2) is 4.98 Å². The Balaban J connectivity index is 2.16. The van der Waals surface area contributed by atoms with Crippen LogP contribution in [-0.2, 0) is 0 Å². The summed E-state index contributed by atoms with van der Waals surface area (Å²) in [6.07, 6.45) is 0. The molecule has 0 aliphatic carbocycles. The van der Waals surface area contributed by atoms with Crippen LogP contribution >= 0.6 is 11.3 Å². The molecule has 4 N–H and O–H groups in total. The largest absolute Gasteiger partial charge is 0.508 e. The lowest BCUT2D eigenvalue weighted by Gasteiger charge is -2.00. The van der Waals surface area contributed by atoms with Gasteiger partial charge in [-0.05, 0) is 36.4 Å². The van der Waals surface area contributed by atoms with E-state index >= 15 is 0 Å². The molecule has 0 radical (unpaired) electrons. The van der Waals surface area contributed by atoms with E-state index in [-0.39, 0.29) is 11.5 Å². The zero-order valence-electron chi connectivity index (χ0n) is 9.29. The third-order valence-electron chi connectivity index (χ3n) is 2.65. The molecule has 0 bridgehead atoms. The summed E-state index contributed by atoms with van der Waals surface area (Å²) >= 11 is 1.46. The number of hydrogen-bond acceptors (Lipinski definition) is 5. The fourth-order valence-electron chi connectivity index (χ4n) is 1.71. The molecule has 2 aromatic carbocycles. The van der Waals surface area contributed by atoms with Crippen LogP contribution in [0, 0.1) is 0 Å². The van der Waals surface area contributed by atoms with Gasteiger partial charge < -0.3 is 15.9 Å². The molecule has 90 valence electrons. The van der Waals surface area contributed by atoms with E-state index in [1.54, 1.807) is 30.3 Å². The quantitative estimate of drug-likeness (QED) is 0.463. The molecule has 4 nitrogen and oxygen atoms in total. The first-order valence-electron chi connectivity index (χ1n) is 5.32. The lowest BCUT2D eigenvalue weighted by molar-refractivity contribution is 0.476. The monoisotopic (exact) mass is 258 g/mol. The van der Waals surface area contributed by atoms with E-state index in [0.29, 0.717) is 5.69 Å². The summed E-state index contributed by atoms with van der Waals surface area (Å²) in [5.74, 6) is 0.271. The van der Waals surface area contributed by atoms with Gasteiger partial charge in [-0.2, -0.15) is 0 Å². The molecule has 5 heteroatoms. The number of thiazole rings is 1. The second kappa shape index (κ2) is 3.89. The van der Waals surface area contributed by atoms with Crippen LogP contribution in [0.25, 0.3) is 20.8 Å². The van der Waals surface area contributed by atoms with Crippen molar-refractivity contribution < 1.29 is 10.2 Å². The summed E-state index contributed by atoms with van der Waals surface area (Å²) in [6, 6.07) is 10.1. The second-order valence-electron chi connectivity index (χ2n) is 3.94. The maximum absolute atomic E-state index is 9.59. The highest BCUT2D eigenvalue weighted by atomic mass is 32.1. The first kappa shape index (κ1) is 10.9. The number of hydrogen-bond donors (Lipinski definition) is 3. The topological polar surface area (TPSA) is 79.4 Å². The Morgan fingerprint density at radius 1 is 1.06 bits per heavy atom. The third-order valence-corrected chi connectivity index (χ3v) is 3.72. The Kier molecular flexibility index (Phi) is 2.34. The van der Waals surface area contributed by atoms with E-state index in [1.165, 1.54) is 11.3 Å². The van der Waals surface area contributed by atoms with E-state index in [2.05, 4.69) is 4.98 Å². The minimum atomic E-state index is 0.0506. The van der Waals surface area contributed by atoms with Crippen LogP contribution in [0.1, 0.15) is 0 Å².